The fourth-order valence-corrected chi connectivity index (χ4v) is 0. The first-order valence-corrected chi connectivity index (χ1v) is 15.0. The fraction of sp³-hybridized carbons (Fsp3) is 1.00. The second-order valence-electron chi connectivity index (χ2n) is 0.192. The Morgan fingerprint density at radius 3 is 0.727 bits per heavy atom. The zero-order valence-electron chi connectivity index (χ0n) is 4.40. The summed E-state index contributed by atoms with van der Waals surface area (Å²) >= 11 is 7.39. The molecule has 0 heterocycles. The molecular formula is C5H20I5V. The molecule has 0 aliphatic heterocycles. The van der Waals surface area contributed by atoms with E-state index in [4.69, 9.17) is 0 Å². The molecule has 0 bridgehead atoms. The van der Waals surface area contributed by atoms with Crippen LogP contribution in [0, 0.1) is 0 Å². The minimum absolute atomic E-state index is 0. The van der Waals surface area contributed by atoms with Crippen molar-refractivity contribution in [3.05, 3.63) is 0 Å². The molecule has 0 aromatic rings. The predicted molar refractivity (Wildman–Crippen MR) is 104 cm³/mol. The summed E-state index contributed by atoms with van der Waals surface area (Å²) < 4.78 is 0. The first-order valence-electron chi connectivity index (χ1n) is 1.51. The van der Waals surface area contributed by atoms with Crippen LogP contribution in [-0.2, 0) is 4.92 Å². The second-order valence-corrected chi connectivity index (χ2v) is 35.6. The molecule has 6 heteroatoms. The molecule has 0 N–H and O–H groups in total. The van der Waals surface area contributed by atoms with E-state index in [1.165, 1.54) is 0 Å². The van der Waals surface area contributed by atoms with Crippen molar-refractivity contribution in [2.24, 2.45) is 0 Å². The van der Waals surface area contributed by atoms with E-state index in [1.54, 1.807) is 0 Å². The van der Waals surface area contributed by atoms with Gasteiger partial charge in [0.05, 0.1) is 0 Å². The van der Waals surface area contributed by atoms with E-state index < -0.39 is 0 Å². The molecule has 0 aromatic heterocycles. The van der Waals surface area contributed by atoms with Crippen LogP contribution in [0.15, 0.2) is 0 Å². The van der Waals surface area contributed by atoms with Crippen LogP contribution in [0.25, 0.3) is 0 Å². The van der Waals surface area contributed by atoms with Crippen LogP contribution in [-0.4, -0.2) is 0 Å². The van der Waals surface area contributed by atoms with Gasteiger partial charge in [-0.2, -0.15) is 0 Å². The summed E-state index contributed by atoms with van der Waals surface area (Å²) in [4.78, 5) is -0.278. The normalized spacial score (nSPS) is 3.82. The minimum atomic E-state index is -0.278. The summed E-state index contributed by atoms with van der Waals surface area (Å²) in [6.07, 6.45) is 0. The fourth-order valence-electron chi connectivity index (χ4n) is 0. The van der Waals surface area contributed by atoms with Gasteiger partial charge in [0.2, 0.25) is 0 Å². The van der Waals surface area contributed by atoms with Crippen molar-refractivity contribution in [2.75, 3.05) is 0 Å². The Balaban J connectivity index is -0.00000000432. The number of hydrogen-bond donors (Lipinski definition) is 0. The summed E-state index contributed by atoms with van der Waals surface area (Å²) in [7, 11) is 0. The monoisotopic (exact) mass is 766 g/mol. The molecular weight excluding hydrogens is 746 g/mol. The summed E-state index contributed by atoms with van der Waals surface area (Å²) in [5.74, 6) is 0. The van der Waals surface area contributed by atoms with Crippen molar-refractivity contribution in [3.63, 3.8) is 0 Å². The maximum atomic E-state index is 2.46. The van der Waals surface area contributed by atoms with Crippen LogP contribution < -0.4 is 0 Å². The molecule has 0 aliphatic rings. The van der Waals surface area contributed by atoms with Gasteiger partial charge in [0.1, 0.15) is 0 Å². The SMILES string of the molecule is C.C.C.CC.I.I.[I][V]([I])[I]. The van der Waals surface area contributed by atoms with Crippen LogP contribution >= 0.6 is 108 Å². The Hall–Kier alpha value is 4.23. The van der Waals surface area contributed by atoms with Gasteiger partial charge in [-0.05, 0) is 0 Å². The van der Waals surface area contributed by atoms with Crippen molar-refractivity contribution in [1.82, 2.24) is 0 Å². The quantitative estimate of drug-likeness (QED) is 0.238. The Morgan fingerprint density at radius 2 is 0.727 bits per heavy atom. The van der Waals surface area contributed by atoms with Gasteiger partial charge < -0.3 is 0 Å². The van der Waals surface area contributed by atoms with Gasteiger partial charge in [0, 0.05) is 0 Å². The Bertz CT molecular complexity index is 19.6. The molecule has 0 radical (unpaired) electrons. The van der Waals surface area contributed by atoms with Crippen LogP contribution in [0.1, 0.15) is 36.1 Å². The molecule has 11 heavy (non-hydrogen) atoms. The molecule has 0 saturated carbocycles. The zero-order valence-corrected chi connectivity index (χ0v) is 16.9. The maximum absolute atomic E-state index is 2.46. The third kappa shape index (κ3) is 119. The molecule has 0 nitrogen and oxygen atoms in total. The van der Waals surface area contributed by atoms with E-state index in [2.05, 4.69) is 59.9 Å². The average molecular weight is 766 g/mol. The van der Waals surface area contributed by atoms with Gasteiger partial charge in [0.15, 0.2) is 0 Å². The molecule has 0 spiro atoms. The van der Waals surface area contributed by atoms with Crippen molar-refractivity contribution >= 4 is 108 Å². The van der Waals surface area contributed by atoms with Gasteiger partial charge in [-0.25, -0.2) is 0 Å². The van der Waals surface area contributed by atoms with Crippen molar-refractivity contribution in [2.45, 2.75) is 36.1 Å². The van der Waals surface area contributed by atoms with Crippen molar-refractivity contribution in [1.29, 1.82) is 0 Å². The molecule has 0 unspecified atom stereocenters. The number of halogens is 5. The summed E-state index contributed by atoms with van der Waals surface area (Å²) in [5.41, 5.74) is 0. The third-order valence-electron chi connectivity index (χ3n) is 0. The summed E-state index contributed by atoms with van der Waals surface area (Å²) in [6.45, 7) is 4.00. The zero-order chi connectivity index (χ0) is 5.58. The molecule has 0 aromatic carbocycles. The predicted octanol–water partition coefficient (Wildman–Crippen LogP) is 6.83. The Labute approximate surface area is 145 Å². The van der Waals surface area contributed by atoms with Gasteiger partial charge in [-0.3, -0.25) is 0 Å². The van der Waals surface area contributed by atoms with Crippen LogP contribution in [0.5, 0.6) is 0 Å². The summed E-state index contributed by atoms with van der Waals surface area (Å²) in [6, 6.07) is 0. The molecule has 80 valence electrons. The molecule has 0 amide bonds. The van der Waals surface area contributed by atoms with Gasteiger partial charge in [0.25, 0.3) is 0 Å². The average Bonchev–Trinajstić information content (AvgIpc) is 1.41. The molecule has 0 aliphatic carbocycles. The van der Waals surface area contributed by atoms with E-state index in [9.17, 15) is 0 Å². The second kappa shape index (κ2) is 47.6. The molecule has 0 fully saturated rings. The van der Waals surface area contributed by atoms with Crippen LogP contribution in [0.2, 0.25) is 0 Å². The van der Waals surface area contributed by atoms with Crippen molar-refractivity contribution in [3.8, 4) is 0 Å². The van der Waals surface area contributed by atoms with Crippen LogP contribution in [0.4, 0.5) is 0 Å². The Morgan fingerprint density at radius 1 is 0.727 bits per heavy atom. The van der Waals surface area contributed by atoms with E-state index in [-0.39, 0.29) is 75.2 Å². The standard InChI is InChI=1S/C2H6.3CH4.5HI.V/c1-2;;;;;;;;;/h1-2H3;3*1H4;5*1H;/q;;;;;;;;;+3/p-3. The topological polar surface area (TPSA) is 0 Å². The van der Waals surface area contributed by atoms with E-state index in [0.29, 0.717) is 0 Å². The molecule has 0 atom stereocenters. The van der Waals surface area contributed by atoms with E-state index in [1.807, 2.05) is 13.8 Å². The van der Waals surface area contributed by atoms with E-state index >= 15 is 0 Å². The Kier molecular flexibility index (Phi) is 197. The van der Waals surface area contributed by atoms with Gasteiger partial charge >= 0.3 is 64.9 Å². The first kappa shape index (κ1) is 45.5. The molecule has 0 rings (SSSR count). The van der Waals surface area contributed by atoms with E-state index in [0.717, 1.165) is 0 Å². The van der Waals surface area contributed by atoms with Gasteiger partial charge in [-0.1, -0.05) is 36.1 Å². The number of rotatable bonds is 0. The first-order chi connectivity index (χ1) is 2.73. The molecule has 0 saturated heterocycles. The van der Waals surface area contributed by atoms with Gasteiger partial charge in [-0.15, -0.1) is 48.0 Å². The van der Waals surface area contributed by atoms with Crippen LogP contribution in [0.3, 0.4) is 0 Å². The third-order valence-corrected chi connectivity index (χ3v) is 0. The van der Waals surface area contributed by atoms with Crippen molar-refractivity contribution < 1.29 is 4.92 Å². The number of hydrogen-bond acceptors (Lipinski definition) is 0. The summed E-state index contributed by atoms with van der Waals surface area (Å²) in [5, 5.41) is 0.